The molecule has 23 heavy (non-hydrogen) atoms. The van der Waals surface area contributed by atoms with Gasteiger partial charge in [0.25, 0.3) is 0 Å². The summed E-state index contributed by atoms with van der Waals surface area (Å²) in [6, 6.07) is 3.77. The minimum Gasteiger partial charge on any atom is -0.490 e. The Labute approximate surface area is 156 Å². The lowest BCUT2D eigenvalue weighted by atomic mass is 10.0. The fraction of sp³-hybridized carbons (Fsp3) is 0.647. The summed E-state index contributed by atoms with van der Waals surface area (Å²) >= 11 is 0. The molecule has 2 rings (SSSR count). The number of hydrogen-bond acceptors (Lipinski definition) is 3. The van der Waals surface area contributed by atoms with Crippen LogP contribution in [0.25, 0.3) is 0 Å². The normalized spacial score (nSPS) is 15.1. The first kappa shape index (κ1) is 20.0. The summed E-state index contributed by atoms with van der Waals surface area (Å²) in [4.78, 5) is 8.24. The lowest BCUT2D eigenvalue weighted by Gasteiger charge is -2.13. The van der Waals surface area contributed by atoms with Crippen molar-refractivity contribution in [1.29, 1.82) is 0 Å². The summed E-state index contributed by atoms with van der Waals surface area (Å²) in [6.45, 7) is 2.30. The van der Waals surface area contributed by atoms with Crippen molar-refractivity contribution in [2.24, 2.45) is 10.9 Å². The van der Waals surface area contributed by atoms with E-state index in [-0.39, 0.29) is 24.0 Å². The lowest BCUT2D eigenvalue weighted by molar-refractivity contribution is 0.320. The molecule has 1 fully saturated rings. The number of hydrogen-bond donors (Lipinski definition) is 2. The van der Waals surface area contributed by atoms with E-state index in [0.717, 1.165) is 30.7 Å². The van der Waals surface area contributed by atoms with Crippen molar-refractivity contribution in [3.05, 3.63) is 24.5 Å². The van der Waals surface area contributed by atoms with Crippen LogP contribution in [0.1, 0.15) is 38.5 Å². The van der Waals surface area contributed by atoms with Gasteiger partial charge in [-0.15, -0.1) is 24.0 Å². The predicted molar refractivity (Wildman–Crippen MR) is 106 cm³/mol. The number of ether oxygens (including phenoxy) is 1. The Morgan fingerprint density at radius 3 is 2.78 bits per heavy atom. The highest BCUT2D eigenvalue weighted by Crippen LogP contribution is 2.28. The Kier molecular flexibility index (Phi) is 10.8. The number of halogens is 1. The van der Waals surface area contributed by atoms with Gasteiger partial charge < -0.3 is 15.4 Å². The van der Waals surface area contributed by atoms with Crippen LogP contribution >= 0.6 is 24.0 Å². The summed E-state index contributed by atoms with van der Waals surface area (Å²) in [5.74, 6) is 2.61. The van der Waals surface area contributed by atoms with Crippen LogP contribution in [0.2, 0.25) is 0 Å². The van der Waals surface area contributed by atoms with Crippen LogP contribution in [0.4, 0.5) is 0 Å². The van der Waals surface area contributed by atoms with E-state index in [1.165, 1.54) is 38.5 Å². The molecule has 5 nitrogen and oxygen atoms in total. The van der Waals surface area contributed by atoms with Crippen LogP contribution in [-0.4, -0.2) is 37.7 Å². The summed E-state index contributed by atoms with van der Waals surface area (Å²) in [7, 11) is 1.80. The number of rotatable bonds is 8. The van der Waals surface area contributed by atoms with Crippen molar-refractivity contribution < 1.29 is 4.74 Å². The SMILES string of the molecule is CN=C(NCCCC1CCCC1)NCCOc1cccnc1.I. The van der Waals surface area contributed by atoms with Gasteiger partial charge in [0.1, 0.15) is 12.4 Å². The van der Waals surface area contributed by atoms with E-state index in [1.54, 1.807) is 19.4 Å². The Bertz CT molecular complexity index is 435. The van der Waals surface area contributed by atoms with Gasteiger partial charge in [0.2, 0.25) is 0 Å². The van der Waals surface area contributed by atoms with Crippen LogP contribution in [0.3, 0.4) is 0 Å². The van der Waals surface area contributed by atoms with Gasteiger partial charge in [-0.1, -0.05) is 25.7 Å². The number of aliphatic imine (C=N–C) groups is 1. The third kappa shape index (κ3) is 8.39. The number of nitrogens with zero attached hydrogens (tertiary/aromatic N) is 2. The van der Waals surface area contributed by atoms with Gasteiger partial charge in [0.05, 0.1) is 12.7 Å². The topological polar surface area (TPSA) is 58.5 Å². The Hall–Kier alpha value is -1.05. The fourth-order valence-electron chi connectivity index (χ4n) is 2.89. The molecule has 1 aromatic rings. The van der Waals surface area contributed by atoms with Gasteiger partial charge >= 0.3 is 0 Å². The molecule has 0 aliphatic heterocycles. The van der Waals surface area contributed by atoms with Gasteiger partial charge in [-0.3, -0.25) is 9.98 Å². The monoisotopic (exact) mass is 432 g/mol. The molecule has 1 aliphatic rings. The Morgan fingerprint density at radius 2 is 2.09 bits per heavy atom. The first-order chi connectivity index (χ1) is 10.9. The molecule has 0 spiro atoms. The van der Waals surface area contributed by atoms with Crippen LogP contribution in [0.5, 0.6) is 5.75 Å². The molecule has 1 saturated carbocycles. The highest BCUT2D eigenvalue weighted by Gasteiger charge is 2.13. The van der Waals surface area contributed by atoms with E-state index in [0.29, 0.717) is 6.61 Å². The first-order valence-electron chi connectivity index (χ1n) is 8.36. The molecular formula is C17H29IN4O. The van der Waals surface area contributed by atoms with Gasteiger partial charge in [0.15, 0.2) is 5.96 Å². The Morgan fingerprint density at radius 1 is 1.30 bits per heavy atom. The maximum absolute atomic E-state index is 5.59. The van der Waals surface area contributed by atoms with Gasteiger partial charge in [-0.25, -0.2) is 0 Å². The number of nitrogens with one attached hydrogen (secondary N) is 2. The van der Waals surface area contributed by atoms with Crippen molar-refractivity contribution in [2.75, 3.05) is 26.7 Å². The molecule has 6 heteroatoms. The lowest BCUT2D eigenvalue weighted by Crippen LogP contribution is -2.39. The molecule has 2 N–H and O–H groups in total. The zero-order chi connectivity index (χ0) is 15.5. The van der Waals surface area contributed by atoms with E-state index in [9.17, 15) is 0 Å². The van der Waals surface area contributed by atoms with Crippen molar-refractivity contribution in [3.63, 3.8) is 0 Å². The van der Waals surface area contributed by atoms with Crippen LogP contribution in [0.15, 0.2) is 29.5 Å². The van der Waals surface area contributed by atoms with Crippen molar-refractivity contribution in [3.8, 4) is 5.75 Å². The molecule has 1 heterocycles. The zero-order valence-electron chi connectivity index (χ0n) is 14.0. The van der Waals surface area contributed by atoms with E-state index < -0.39 is 0 Å². The minimum atomic E-state index is 0. The van der Waals surface area contributed by atoms with Gasteiger partial charge in [-0.05, 0) is 30.9 Å². The first-order valence-corrected chi connectivity index (χ1v) is 8.36. The zero-order valence-corrected chi connectivity index (χ0v) is 16.3. The third-order valence-electron chi connectivity index (χ3n) is 4.08. The summed E-state index contributed by atoms with van der Waals surface area (Å²) in [5.41, 5.74) is 0. The van der Waals surface area contributed by atoms with E-state index in [2.05, 4.69) is 20.6 Å². The summed E-state index contributed by atoms with van der Waals surface area (Å²) in [5, 5.41) is 6.62. The largest absolute Gasteiger partial charge is 0.490 e. The van der Waals surface area contributed by atoms with Gasteiger partial charge in [0, 0.05) is 19.8 Å². The van der Waals surface area contributed by atoms with E-state index in [4.69, 9.17) is 4.74 Å². The molecule has 0 amide bonds. The molecule has 130 valence electrons. The van der Waals surface area contributed by atoms with Crippen molar-refractivity contribution >= 4 is 29.9 Å². The second-order valence-corrected chi connectivity index (χ2v) is 5.76. The second-order valence-electron chi connectivity index (χ2n) is 5.76. The highest BCUT2D eigenvalue weighted by atomic mass is 127. The second kappa shape index (κ2) is 12.4. The Balaban J connectivity index is 0.00000264. The maximum Gasteiger partial charge on any atom is 0.191 e. The average molecular weight is 432 g/mol. The van der Waals surface area contributed by atoms with Crippen LogP contribution in [-0.2, 0) is 0 Å². The standard InChI is InChI=1S/C17H28N4O.HI/c1-18-17(20-11-4-8-15-6-2-3-7-15)21-12-13-22-16-9-5-10-19-14-16;/h5,9-10,14-15H,2-4,6-8,11-13H2,1H3,(H2,18,20,21);1H. The molecule has 1 aliphatic carbocycles. The summed E-state index contributed by atoms with van der Waals surface area (Å²) < 4.78 is 5.59. The predicted octanol–water partition coefficient (Wildman–Crippen LogP) is 3.21. The average Bonchev–Trinajstić information content (AvgIpc) is 3.08. The quantitative estimate of drug-likeness (QED) is 0.287. The van der Waals surface area contributed by atoms with E-state index >= 15 is 0 Å². The molecule has 0 radical (unpaired) electrons. The van der Waals surface area contributed by atoms with Gasteiger partial charge in [-0.2, -0.15) is 0 Å². The molecule has 1 aromatic heterocycles. The smallest absolute Gasteiger partial charge is 0.191 e. The fourth-order valence-corrected chi connectivity index (χ4v) is 2.89. The van der Waals surface area contributed by atoms with Crippen LogP contribution < -0.4 is 15.4 Å². The molecule has 0 unspecified atom stereocenters. The highest BCUT2D eigenvalue weighted by molar-refractivity contribution is 14.0. The third-order valence-corrected chi connectivity index (χ3v) is 4.08. The maximum atomic E-state index is 5.59. The molecule has 0 atom stereocenters. The number of guanidine groups is 1. The molecule has 0 bridgehead atoms. The van der Waals surface area contributed by atoms with Crippen LogP contribution in [0, 0.1) is 5.92 Å². The molecule has 0 aromatic carbocycles. The minimum absolute atomic E-state index is 0. The van der Waals surface area contributed by atoms with Crippen molar-refractivity contribution in [2.45, 2.75) is 38.5 Å². The number of pyridine rings is 1. The molecule has 0 saturated heterocycles. The number of aromatic nitrogens is 1. The summed E-state index contributed by atoms with van der Waals surface area (Å²) in [6.07, 6.45) is 11.7. The van der Waals surface area contributed by atoms with E-state index in [1.807, 2.05) is 12.1 Å². The van der Waals surface area contributed by atoms with Crippen molar-refractivity contribution in [1.82, 2.24) is 15.6 Å². The molecular weight excluding hydrogens is 403 g/mol.